The highest BCUT2D eigenvalue weighted by Gasteiger charge is 2.32. The van der Waals surface area contributed by atoms with Crippen molar-refractivity contribution >= 4 is 23.2 Å². The highest BCUT2D eigenvalue weighted by atomic mass is 35.5. The van der Waals surface area contributed by atoms with Gasteiger partial charge in [0.1, 0.15) is 5.69 Å². The largest absolute Gasteiger partial charge is 0.417 e. The predicted octanol–water partition coefficient (Wildman–Crippen LogP) is 1.87. The van der Waals surface area contributed by atoms with Crippen molar-refractivity contribution in [3.63, 3.8) is 0 Å². The number of imidazole rings is 1. The molecule has 0 aliphatic rings. The van der Waals surface area contributed by atoms with Crippen molar-refractivity contribution < 1.29 is 18.0 Å². The molecular weight excluding hydrogens is 285 g/mol. The van der Waals surface area contributed by atoms with Crippen LogP contribution >= 0.6 is 11.6 Å². The van der Waals surface area contributed by atoms with E-state index < -0.39 is 17.6 Å². The number of alkyl halides is 3. The number of hydrogen-bond donors (Lipinski definition) is 2. The molecule has 0 unspecified atom stereocenters. The van der Waals surface area contributed by atoms with Crippen LogP contribution < -0.4 is 10.9 Å². The van der Waals surface area contributed by atoms with Crippen LogP contribution in [0.15, 0.2) is 18.5 Å². The molecule has 0 fully saturated rings. The van der Waals surface area contributed by atoms with E-state index in [0.29, 0.717) is 0 Å². The molecule has 2 heterocycles. The third kappa shape index (κ3) is 2.64. The van der Waals surface area contributed by atoms with Crippen LogP contribution in [0.25, 0.3) is 5.65 Å². The Hall–Kier alpha value is -1.80. The van der Waals surface area contributed by atoms with Gasteiger partial charge in [0.2, 0.25) is 0 Å². The summed E-state index contributed by atoms with van der Waals surface area (Å²) in [5, 5.41) is -0.182. The summed E-state index contributed by atoms with van der Waals surface area (Å²) in [5.41, 5.74) is 3.78. The summed E-state index contributed by atoms with van der Waals surface area (Å²) in [4.78, 5) is 15.4. The molecule has 2 N–H and O–H groups in total. The minimum absolute atomic E-state index is 0.0458. The number of hydrazine groups is 1. The van der Waals surface area contributed by atoms with Crippen molar-refractivity contribution in [1.29, 1.82) is 0 Å². The molecule has 0 aromatic carbocycles. The number of amides is 1. The Morgan fingerprint density at radius 1 is 1.42 bits per heavy atom. The Morgan fingerprint density at radius 3 is 2.68 bits per heavy atom. The summed E-state index contributed by atoms with van der Waals surface area (Å²) < 4.78 is 38.9. The van der Waals surface area contributed by atoms with E-state index in [4.69, 9.17) is 11.6 Å². The minimum atomic E-state index is -4.52. The highest BCUT2D eigenvalue weighted by Crippen LogP contribution is 2.32. The second-order valence-corrected chi connectivity index (χ2v) is 4.04. The van der Waals surface area contributed by atoms with E-state index in [-0.39, 0.29) is 16.4 Å². The molecule has 0 bridgehead atoms. The maximum Gasteiger partial charge on any atom is 0.417 e. The summed E-state index contributed by atoms with van der Waals surface area (Å²) in [5.74, 6) is -0.573. The number of fused-ring (bicyclic) bond motifs is 1. The standard InChI is InChI=1S/C10H8ClF3N4O/c1-15-17-9(19)7-4-18-3-5(10(12,13)14)2-6(11)8(18)16-7/h2-4,15H,1H3,(H,17,19). The van der Waals surface area contributed by atoms with E-state index in [1.165, 1.54) is 13.2 Å². The van der Waals surface area contributed by atoms with Gasteiger partial charge in [-0.3, -0.25) is 10.2 Å². The SMILES string of the molecule is CNNC(=O)c1cn2cc(C(F)(F)F)cc(Cl)c2n1. The van der Waals surface area contributed by atoms with E-state index in [2.05, 4.69) is 15.8 Å². The van der Waals surface area contributed by atoms with Crippen LogP contribution in [-0.4, -0.2) is 22.3 Å². The van der Waals surface area contributed by atoms with E-state index >= 15 is 0 Å². The molecule has 102 valence electrons. The lowest BCUT2D eigenvalue weighted by Gasteiger charge is -2.07. The van der Waals surface area contributed by atoms with Gasteiger partial charge in [0, 0.05) is 19.4 Å². The number of carbonyl (C=O) groups excluding carboxylic acids is 1. The molecule has 2 aromatic heterocycles. The first-order valence-corrected chi connectivity index (χ1v) is 5.43. The van der Waals surface area contributed by atoms with Gasteiger partial charge in [-0.25, -0.2) is 10.4 Å². The van der Waals surface area contributed by atoms with Gasteiger partial charge in [0.05, 0.1) is 10.6 Å². The Balaban J connectivity index is 2.54. The van der Waals surface area contributed by atoms with Gasteiger partial charge >= 0.3 is 6.18 Å². The van der Waals surface area contributed by atoms with Crippen LogP contribution in [-0.2, 0) is 6.18 Å². The molecule has 0 aliphatic carbocycles. The maximum absolute atomic E-state index is 12.6. The Bertz CT molecular complexity index is 637. The van der Waals surface area contributed by atoms with Crippen LogP contribution in [0.4, 0.5) is 13.2 Å². The quantitative estimate of drug-likeness (QED) is 0.831. The number of halogens is 4. The predicted molar refractivity (Wildman–Crippen MR) is 61.7 cm³/mol. The molecule has 2 rings (SSSR count). The van der Waals surface area contributed by atoms with Gasteiger partial charge in [-0.1, -0.05) is 11.6 Å². The number of aromatic nitrogens is 2. The van der Waals surface area contributed by atoms with Crippen LogP contribution in [0.5, 0.6) is 0 Å². The van der Waals surface area contributed by atoms with Crippen molar-refractivity contribution in [3.8, 4) is 0 Å². The van der Waals surface area contributed by atoms with Gasteiger partial charge in [-0.15, -0.1) is 0 Å². The molecule has 0 atom stereocenters. The van der Waals surface area contributed by atoms with Gasteiger partial charge < -0.3 is 4.40 Å². The van der Waals surface area contributed by atoms with Crippen LogP contribution in [0, 0.1) is 0 Å². The van der Waals surface area contributed by atoms with Crippen LogP contribution in [0.1, 0.15) is 16.1 Å². The second-order valence-electron chi connectivity index (χ2n) is 3.64. The molecule has 0 saturated carbocycles. The third-order valence-electron chi connectivity index (χ3n) is 2.30. The minimum Gasteiger partial charge on any atom is -0.304 e. The molecule has 0 spiro atoms. The molecule has 19 heavy (non-hydrogen) atoms. The second kappa shape index (κ2) is 4.71. The lowest BCUT2D eigenvalue weighted by molar-refractivity contribution is -0.137. The number of hydrogen-bond acceptors (Lipinski definition) is 3. The van der Waals surface area contributed by atoms with Gasteiger partial charge in [-0.05, 0) is 6.07 Å². The molecular formula is C10H8ClF3N4O. The normalized spacial score (nSPS) is 11.8. The number of rotatable bonds is 2. The Kier molecular flexibility index (Phi) is 3.38. The van der Waals surface area contributed by atoms with Crippen molar-refractivity contribution in [2.24, 2.45) is 0 Å². The Morgan fingerprint density at radius 2 is 2.11 bits per heavy atom. The van der Waals surface area contributed by atoms with E-state index in [1.54, 1.807) is 0 Å². The van der Waals surface area contributed by atoms with Crippen molar-refractivity contribution in [1.82, 2.24) is 20.2 Å². The maximum atomic E-state index is 12.6. The smallest absolute Gasteiger partial charge is 0.304 e. The van der Waals surface area contributed by atoms with Crippen molar-refractivity contribution in [2.75, 3.05) is 7.05 Å². The van der Waals surface area contributed by atoms with Crippen LogP contribution in [0.2, 0.25) is 5.02 Å². The fraction of sp³-hybridized carbons (Fsp3) is 0.200. The van der Waals surface area contributed by atoms with E-state index in [9.17, 15) is 18.0 Å². The number of carbonyl (C=O) groups is 1. The molecule has 1 amide bonds. The monoisotopic (exact) mass is 292 g/mol. The highest BCUT2D eigenvalue weighted by molar-refractivity contribution is 6.33. The van der Waals surface area contributed by atoms with Crippen molar-refractivity contribution in [3.05, 3.63) is 34.7 Å². The zero-order valence-electron chi connectivity index (χ0n) is 9.55. The summed E-state index contributed by atoms with van der Waals surface area (Å²) in [6.07, 6.45) is -2.52. The average Bonchev–Trinajstić information content (AvgIpc) is 2.72. The third-order valence-corrected chi connectivity index (χ3v) is 2.58. The molecule has 9 heteroatoms. The number of nitrogens with zero attached hydrogens (tertiary/aromatic N) is 2. The summed E-state index contributed by atoms with van der Waals surface area (Å²) >= 11 is 5.73. The fourth-order valence-corrected chi connectivity index (χ4v) is 1.76. The first kappa shape index (κ1) is 13.6. The lowest BCUT2D eigenvalue weighted by Crippen LogP contribution is -2.34. The van der Waals surface area contributed by atoms with E-state index in [0.717, 1.165) is 16.7 Å². The van der Waals surface area contributed by atoms with E-state index in [1.807, 2.05) is 0 Å². The van der Waals surface area contributed by atoms with Gasteiger partial charge in [0.15, 0.2) is 5.65 Å². The van der Waals surface area contributed by atoms with Crippen molar-refractivity contribution in [2.45, 2.75) is 6.18 Å². The summed E-state index contributed by atoms with van der Waals surface area (Å²) in [6, 6.07) is 0.768. The first-order chi connectivity index (χ1) is 8.82. The lowest BCUT2D eigenvalue weighted by atomic mass is 10.3. The summed E-state index contributed by atoms with van der Waals surface area (Å²) in [6.45, 7) is 0. The topological polar surface area (TPSA) is 58.4 Å². The molecule has 0 radical (unpaired) electrons. The molecule has 5 nitrogen and oxygen atoms in total. The molecule has 2 aromatic rings. The molecule has 0 aliphatic heterocycles. The van der Waals surface area contributed by atoms with Crippen LogP contribution in [0.3, 0.4) is 0 Å². The zero-order chi connectivity index (χ0) is 14.2. The summed E-state index contributed by atoms with van der Waals surface area (Å²) in [7, 11) is 1.47. The molecule has 0 saturated heterocycles. The fourth-order valence-electron chi connectivity index (χ4n) is 1.50. The number of nitrogens with one attached hydrogen (secondary N) is 2. The zero-order valence-corrected chi connectivity index (χ0v) is 10.3. The van der Waals surface area contributed by atoms with Gasteiger partial charge in [-0.2, -0.15) is 13.2 Å². The number of pyridine rings is 1. The first-order valence-electron chi connectivity index (χ1n) is 5.05. The Labute approximate surface area is 110 Å². The average molecular weight is 293 g/mol. The van der Waals surface area contributed by atoms with Gasteiger partial charge in [0.25, 0.3) is 5.91 Å².